The van der Waals surface area contributed by atoms with E-state index in [9.17, 15) is 29.4 Å². The topological polar surface area (TPSA) is 217 Å². The highest BCUT2D eigenvalue weighted by molar-refractivity contribution is 6.76. The van der Waals surface area contributed by atoms with Gasteiger partial charge in [0.15, 0.2) is 0 Å². The minimum absolute atomic E-state index is 0.177. The molecule has 0 aromatic heterocycles. The fourth-order valence-corrected chi connectivity index (χ4v) is 11.1. The molecular weight excluding hydrogens is 1070 g/mol. The number of methoxy groups -OCH3 is 1. The Balaban J connectivity index is 0.000000367. The second-order valence-electron chi connectivity index (χ2n) is 22.9. The van der Waals surface area contributed by atoms with E-state index in [0.717, 1.165) is 116 Å². The van der Waals surface area contributed by atoms with Crippen molar-refractivity contribution in [3.05, 3.63) is 120 Å². The highest BCUT2D eigenvalue weighted by Crippen LogP contribution is 2.28. The first-order chi connectivity index (χ1) is 40.1. The minimum atomic E-state index is -1.07. The van der Waals surface area contributed by atoms with Gasteiger partial charge in [-0.25, -0.2) is 9.59 Å². The average molecular weight is 1180 g/mol. The number of ether oxygens (including phenoxy) is 5. The zero-order chi connectivity index (χ0) is 61.1. The molecule has 6 atom stereocenters. The van der Waals surface area contributed by atoms with Crippen LogP contribution in [0.15, 0.2) is 103 Å². The van der Waals surface area contributed by atoms with Crippen molar-refractivity contribution in [2.75, 3.05) is 112 Å². The fraction of sp³-hybridized carbons (Fsp3) is 0.631. The van der Waals surface area contributed by atoms with E-state index < -0.39 is 31.8 Å². The van der Waals surface area contributed by atoms with Gasteiger partial charge in [0.2, 0.25) is 0 Å². The Morgan fingerprint density at radius 1 is 0.530 bits per heavy atom. The van der Waals surface area contributed by atoms with Crippen molar-refractivity contribution in [3.8, 4) is 0 Å². The molecule has 0 aliphatic carbocycles. The molecule has 18 heteroatoms. The summed E-state index contributed by atoms with van der Waals surface area (Å²) >= 11 is 0. The van der Waals surface area contributed by atoms with E-state index in [1.165, 1.54) is 22.9 Å². The van der Waals surface area contributed by atoms with E-state index in [2.05, 4.69) is 108 Å². The predicted octanol–water partition coefficient (Wildman–Crippen LogP) is 8.15. The number of benzene rings is 3. The Morgan fingerprint density at radius 2 is 0.880 bits per heavy atom. The maximum Gasteiger partial charge on any atom is 0.331 e. The van der Waals surface area contributed by atoms with Crippen LogP contribution < -0.4 is 5.32 Å². The second-order valence-corrected chi connectivity index (χ2v) is 28.3. The number of esters is 4. The third kappa shape index (κ3) is 33.4. The van der Waals surface area contributed by atoms with Crippen LogP contribution in [0.3, 0.4) is 0 Å². The van der Waals surface area contributed by atoms with Crippen molar-refractivity contribution < 1.29 is 63.3 Å². The third-order valence-electron chi connectivity index (χ3n) is 14.2. The van der Waals surface area contributed by atoms with Gasteiger partial charge >= 0.3 is 23.9 Å². The molecule has 0 bridgehead atoms. The van der Waals surface area contributed by atoms with E-state index in [1.807, 2.05) is 50.2 Å². The van der Waals surface area contributed by atoms with Crippen LogP contribution in [0, 0.1) is 35.5 Å². The molecule has 0 unspecified atom stereocenters. The number of aliphatic hydroxyl groups is 4. The van der Waals surface area contributed by atoms with Gasteiger partial charge in [0, 0.05) is 128 Å². The summed E-state index contributed by atoms with van der Waals surface area (Å²) in [6.07, 6.45) is 10.6. The molecule has 17 nitrogen and oxygen atoms in total. The fourth-order valence-electron chi connectivity index (χ4n) is 9.53. The molecule has 3 aromatic rings. The SMILES string of the molecule is CCCCOC(=O)/C=C\C(=O)OCCCC.CCCCOC(=O)[C@H]1CN(Cc2ccccc2)C[C@H]1C(=O)OCCCC.COCN(Cc1ccccc1)C[Si](C)(C)C.OC[C@@H]1CN(Cc2ccccc2)C[C@@H]1CO.OC[C@@H]1CNC[C@@H]1CO. The average Bonchev–Trinajstić information content (AvgIpc) is 4.48. The molecule has 83 heavy (non-hydrogen) atoms. The Hall–Kier alpha value is -4.86. The minimum Gasteiger partial charge on any atom is -0.465 e. The maximum atomic E-state index is 12.5. The predicted molar refractivity (Wildman–Crippen MR) is 330 cm³/mol. The van der Waals surface area contributed by atoms with E-state index in [0.29, 0.717) is 39.5 Å². The number of hydrogen-bond donors (Lipinski definition) is 5. The Bertz CT molecular complexity index is 2080. The van der Waals surface area contributed by atoms with Gasteiger partial charge in [-0.05, 0) is 48.5 Å². The lowest BCUT2D eigenvalue weighted by Gasteiger charge is -2.28. The summed E-state index contributed by atoms with van der Waals surface area (Å²) in [7, 11) is 0.701. The molecule has 0 spiro atoms. The first-order valence-electron chi connectivity index (χ1n) is 30.3. The Kier molecular flexibility index (Phi) is 40.7. The molecule has 0 saturated carbocycles. The number of aliphatic hydroxyl groups excluding tert-OH is 4. The zero-order valence-corrected chi connectivity index (χ0v) is 52.7. The van der Waals surface area contributed by atoms with E-state index in [1.54, 1.807) is 7.11 Å². The van der Waals surface area contributed by atoms with Crippen molar-refractivity contribution in [2.45, 2.75) is 118 Å². The van der Waals surface area contributed by atoms with Gasteiger partial charge in [-0.3, -0.25) is 24.3 Å². The zero-order valence-electron chi connectivity index (χ0n) is 51.7. The van der Waals surface area contributed by atoms with E-state index >= 15 is 0 Å². The normalized spacial score (nSPS) is 19.5. The number of hydrogen-bond acceptors (Lipinski definition) is 17. The summed E-state index contributed by atoms with van der Waals surface area (Å²) in [5.74, 6) is -1.42. The molecule has 0 radical (unpaired) electrons. The molecule has 3 aliphatic heterocycles. The summed E-state index contributed by atoms with van der Waals surface area (Å²) < 4.78 is 25.7. The Morgan fingerprint density at radius 3 is 1.22 bits per heavy atom. The third-order valence-corrected chi connectivity index (χ3v) is 15.5. The second kappa shape index (κ2) is 45.5. The van der Waals surface area contributed by atoms with Gasteiger partial charge in [0.05, 0.1) is 53.1 Å². The van der Waals surface area contributed by atoms with Gasteiger partial charge in [0.25, 0.3) is 0 Å². The number of nitrogens with one attached hydrogen (secondary N) is 1. The van der Waals surface area contributed by atoms with Crippen LogP contribution in [0.5, 0.6) is 0 Å². The van der Waals surface area contributed by atoms with Crippen molar-refractivity contribution >= 4 is 32.0 Å². The van der Waals surface area contributed by atoms with Crippen LogP contribution in [0.1, 0.15) is 95.8 Å². The van der Waals surface area contributed by atoms with Crippen LogP contribution in [0.2, 0.25) is 19.6 Å². The van der Waals surface area contributed by atoms with Crippen LogP contribution in [0.4, 0.5) is 0 Å². The summed E-state index contributed by atoms with van der Waals surface area (Å²) in [5.41, 5.74) is 3.82. The number of rotatable bonds is 30. The molecule has 468 valence electrons. The van der Waals surface area contributed by atoms with Gasteiger partial charge in [0.1, 0.15) is 0 Å². The largest absolute Gasteiger partial charge is 0.465 e. The molecule has 3 heterocycles. The lowest BCUT2D eigenvalue weighted by atomic mass is 9.96. The molecule has 0 amide bonds. The van der Waals surface area contributed by atoms with Crippen molar-refractivity contribution in [3.63, 3.8) is 0 Å². The smallest absolute Gasteiger partial charge is 0.331 e. The molecule has 5 N–H and O–H groups in total. The number of nitrogens with zero attached hydrogens (tertiary/aromatic N) is 3. The first kappa shape index (κ1) is 74.2. The van der Waals surface area contributed by atoms with Gasteiger partial charge in [-0.1, -0.05) is 164 Å². The van der Waals surface area contributed by atoms with Crippen molar-refractivity contribution in [1.29, 1.82) is 0 Å². The standard InChI is InChI=1S/C21H31NO4.C13H19NO2.C13H23NOSi.C12H20O4.C6H13NO2/c1-3-5-12-25-20(23)18-15-22(14-17-10-8-7-9-11-17)16-19(18)21(24)26-13-6-4-2;15-9-12-7-14(8-13(12)10-16)6-11-4-2-1-3-5-11;1-15-11-14(12-16(2,3)4)10-13-8-6-5-7-9-13;1-3-5-9-15-11(13)7-8-12(14)16-10-6-4-2;8-3-5-1-7-2-6(5)4-9/h7-11,18-19H,3-6,12-16H2,1-2H3;1-5,12-13,15-16H,6-10H2;5-9H,10-12H2,1-4H3;7-8H,3-6,9-10H2,1-2H3;5-9H,1-4H2/b;;;8-7-;/t18-,19+;12-,13+;;;5-,6+. The first-order valence-corrected chi connectivity index (χ1v) is 34.1. The van der Waals surface area contributed by atoms with Gasteiger partial charge < -0.3 is 49.4 Å². The van der Waals surface area contributed by atoms with Crippen LogP contribution in [-0.4, -0.2) is 179 Å². The maximum absolute atomic E-state index is 12.5. The summed E-state index contributed by atoms with van der Waals surface area (Å²) in [5, 5.41) is 39.0. The number of unbranched alkanes of at least 4 members (excludes halogenated alkanes) is 4. The van der Waals surface area contributed by atoms with E-state index in [-0.39, 0.29) is 62.0 Å². The molecule has 3 fully saturated rings. The number of carbonyl (C=O) groups is 4. The van der Waals surface area contributed by atoms with Gasteiger partial charge in [-0.15, -0.1) is 0 Å². The number of likely N-dealkylation sites (tertiary alicyclic amines) is 2. The molecule has 3 aliphatic rings. The summed E-state index contributed by atoms with van der Waals surface area (Å²) in [6.45, 7) is 25.5. The van der Waals surface area contributed by atoms with Gasteiger partial charge in [-0.2, -0.15) is 0 Å². The van der Waals surface area contributed by atoms with Crippen molar-refractivity contribution in [2.24, 2.45) is 35.5 Å². The highest BCUT2D eigenvalue weighted by Gasteiger charge is 2.43. The summed E-state index contributed by atoms with van der Waals surface area (Å²) in [4.78, 5) is 53.9. The van der Waals surface area contributed by atoms with Crippen LogP contribution in [0.25, 0.3) is 0 Å². The lowest BCUT2D eigenvalue weighted by Crippen LogP contribution is -2.40. The Labute approximate surface area is 499 Å². The van der Waals surface area contributed by atoms with Crippen LogP contribution in [-0.2, 0) is 62.5 Å². The van der Waals surface area contributed by atoms with Crippen molar-refractivity contribution in [1.82, 2.24) is 20.0 Å². The molecular formula is C65H106N4O13Si. The summed E-state index contributed by atoms with van der Waals surface area (Å²) in [6, 6.07) is 31.0. The molecule has 3 saturated heterocycles. The number of carbonyl (C=O) groups excluding carboxylic acids is 4. The lowest BCUT2D eigenvalue weighted by molar-refractivity contribution is -0.158. The highest BCUT2D eigenvalue weighted by atomic mass is 28.3. The molecule has 6 rings (SSSR count). The molecule has 3 aromatic carbocycles. The monoisotopic (exact) mass is 1180 g/mol. The van der Waals surface area contributed by atoms with E-state index in [4.69, 9.17) is 33.9 Å². The van der Waals surface area contributed by atoms with Crippen LogP contribution >= 0.6 is 0 Å². The quantitative estimate of drug-likeness (QED) is 0.0106.